The van der Waals surface area contributed by atoms with Crippen molar-refractivity contribution in [3.05, 3.63) is 22.8 Å². The van der Waals surface area contributed by atoms with Crippen molar-refractivity contribution in [1.82, 2.24) is 10.3 Å². The number of methoxy groups -OCH3 is 1. The largest absolute Gasteiger partial charge is 0.382 e. The van der Waals surface area contributed by atoms with Gasteiger partial charge in [-0.15, -0.1) is 0 Å². The van der Waals surface area contributed by atoms with Crippen molar-refractivity contribution in [1.29, 1.82) is 0 Å². The molecule has 0 saturated carbocycles. The van der Waals surface area contributed by atoms with E-state index in [0.717, 1.165) is 12.8 Å². The van der Waals surface area contributed by atoms with Crippen LogP contribution in [0.5, 0.6) is 0 Å². The zero-order valence-corrected chi connectivity index (χ0v) is 12.8. The Kier molecular flexibility index (Phi) is 8.68. The summed E-state index contributed by atoms with van der Waals surface area (Å²) in [5, 5.41) is 3.04. The quantitative estimate of drug-likeness (QED) is 0.341. The van der Waals surface area contributed by atoms with E-state index >= 15 is 0 Å². The number of nitrogens with one attached hydrogen (secondary N) is 2. The monoisotopic (exact) mass is 316 g/mol. The molecule has 0 radical (unpaired) electrons. The van der Waals surface area contributed by atoms with Crippen molar-refractivity contribution in [2.75, 3.05) is 38.9 Å². The van der Waals surface area contributed by atoms with E-state index in [4.69, 9.17) is 26.9 Å². The number of nitrogens with zero attached hydrogens (tertiary/aromatic N) is 1. The summed E-state index contributed by atoms with van der Waals surface area (Å²) >= 11 is 5.94. The number of anilines is 1. The van der Waals surface area contributed by atoms with Crippen LogP contribution in [0.15, 0.2) is 12.1 Å². The van der Waals surface area contributed by atoms with Gasteiger partial charge in [-0.2, -0.15) is 0 Å². The fourth-order valence-corrected chi connectivity index (χ4v) is 1.73. The number of carbonyl (C=O) groups is 1. The fourth-order valence-electron chi connectivity index (χ4n) is 1.54. The summed E-state index contributed by atoms with van der Waals surface area (Å²) in [6.45, 7) is 2.35. The number of amides is 1. The number of ether oxygens (including phenoxy) is 2. The summed E-state index contributed by atoms with van der Waals surface area (Å²) in [6.07, 6.45) is 1.67. The second-order valence-corrected chi connectivity index (χ2v) is 4.65. The van der Waals surface area contributed by atoms with Crippen molar-refractivity contribution < 1.29 is 14.3 Å². The molecule has 0 unspecified atom stereocenters. The Morgan fingerprint density at radius 1 is 1.33 bits per heavy atom. The van der Waals surface area contributed by atoms with Crippen LogP contribution in [0.1, 0.15) is 23.3 Å². The van der Waals surface area contributed by atoms with Gasteiger partial charge in [0.1, 0.15) is 11.5 Å². The molecule has 118 valence electrons. The van der Waals surface area contributed by atoms with E-state index in [0.29, 0.717) is 32.2 Å². The van der Waals surface area contributed by atoms with Gasteiger partial charge in [-0.3, -0.25) is 4.79 Å². The van der Waals surface area contributed by atoms with Gasteiger partial charge in [-0.1, -0.05) is 11.6 Å². The van der Waals surface area contributed by atoms with E-state index in [9.17, 15) is 4.79 Å². The van der Waals surface area contributed by atoms with Crippen LogP contribution >= 0.6 is 11.6 Å². The number of rotatable bonds is 10. The lowest BCUT2D eigenvalue weighted by molar-refractivity contribution is 0.0686. The van der Waals surface area contributed by atoms with Crippen molar-refractivity contribution in [2.45, 2.75) is 12.8 Å². The molecule has 0 fully saturated rings. The van der Waals surface area contributed by atoms with E-state index < -0.39 is 0 Å². The predicted octanol–water partition coefficient (Wildman–Crippen LogP) is 1.19. The Balaban J connectivity index is 2.25. The lowest BCUT2D eigenvalue weighted by Gasteiger charge is -2.08. The van der Waals surface area contributed by atoms with Crippen LogP contribution in [0.2, 0.25) is 5.02 Å². The Morgan fingerprint density at radius 2 is 2.14 bits per heavy atom. The molecule has 0 aliphatic rings. The van der Waals surface area contributed by atoms with E-state index in [2.05, 4.69) is 15.7 Å². The fraction of sp³-hybridized carbons (Fsp3) is 0.538. The summed E-state index contributed by atoms with van der Waals surface area (Å²) in [7, 11) is 1.63. The maximum Gasteiger partial charge on any atom is 0.271 e. The van der Waals surface area contributed by atoms with E-state index in [1.54, 1.807) is 19.2 Å². The number of nitrogen functional groups attached to an aromatic ring is 1. The van der Waals surface area contributed by atoms with Crippen LogP contribution in [0, 0.1) is 0 Å². The molecule has 21 heavy (non-hydrogen) atoms. The molecule has 7 nitrogen and oxygen atoms in total. The number of hydrogen-bond donors (Lipinski definition) is 3. The summed E-state index contributed by atoms with van der Waals surface area (Å²) in [6, 6.07) is 3.17. The molecule has 0 atom stereocenters. The minimum absolute atomic E-state index is 0.156. The lowest BCUT2D eigenvalue weighted by atomic mass is 10.3. The van der Waals surface area contributed by atoms with E-state index in [1.807, 2.05) is 0 Å². The molecule has 1 aromatic heterocycles. The SMILES string of the molecule is COCCOCCCCNC(=O)c1nc(NN)ccc1Cl. The van der Waals surface area contributed by atoms with Gasteiger partial charge in [0.05, 0.1) is 18.2 Å². The third kappa shape index (κ3) is 6.72. The topological polar surface area (TPSA) is 98.5 Å². The number of hydrogen-bond acceptors (Lipinski definition) is 6. The molecule has 4 N–H and O–H groups in total. The lowest BCUT2D eigenvalue weighted by Crippen LogP contribution is -2.26. The number of aromatic nitrogens is 1. The Labute approximate surface area is 129 Å². The molecular weight excluding hydrogens is 296 g/mol. The van der Waals surface area contributed by atoms with Crippen molar-refractivity contribution in [3.8, 4) is 0 Å². The summed E-state index contributed by atoms with van der Waals surface area (Å²) in [4.78, 5) is 16.0. The number of halogens is 1. The second kappa shape index (κ2) is 10.3. The van der Waals surface area contributed by atoms with Crippen molar-refractivity contribution in [2.24, 2.45) is 5.84 Å². The highest BCUT2D eigenvalue weighted by molar-refractivity contribution is 6.33. The maximum atomic E-state index is 11.9. The van der Waals surface area contributed by atoms with Crippen LogP contribution in [0.4, 0.5) is 5.82 Å². The first-order chi connectivity index (χ1) is 10.2. The first-order valence-corrected chi connectivity index (χ1v) is 7.05. The van der Waals surface area contributed by atoms with E-state index in [1.165, 1.54) is 0 Å². The first kappa shape index (κ1) is 17.6. The molecule has 0 aliphatic heterocycles. The van der Waals surface area contributed by atoms with Crippen LogP contribution in [0.3, 0.4) is 0 Å². The Bertz CT molecular complexity index is 445. The highest BCUT2D eigenvalue weighted by Crippen LogP contribution is 2.15. The van der Waals surface area contributed by atoms with Crippen molar-refractivity contribution >= 4 is 23.3 Å². The number of unbranched alkanes of at least 4 members (excludes halogenated alkanes) is 1. The summed E-state index contributed by atoms with van der Waals surface area (Å²) in [5.74, 6) is 5.31. The van der Waals surface area contributed by atoms with Gasteiger partial charge in [-0.05, 0) is 25.0 Å². The minimum atomic E-state index is -0.322. The molecule has 0 aliphatic carbocycles. The number of carbonyl (C=O) groups excluding carboxylic acids is 1. The van der Waals surface area contributed by atoms with Gasteiger partial charge < -0.3 is 20.2 Å². The molecule has 1 aromatic rings. The highest BCUT2D eigenvalue weighted by Gasteiger charge is 2.12. The third-order valence-electron chi connectivity index (χ3n) is 2.64. The molecule has 0 saturated heterocycles. The number of pyridine rings is 1. The average Bonchev–Trinajstić information content (AvgIpc) is 2.50. The van der Waals surface area contributed by atoms with Crippen LogP contribution in [-0.4, -0.2) is 44.4 Å². The summed E-state index contributed by atoms with van der Waals surface area (Å²) in [5.41, 5.74) is 2.53. The summed E-state index contributed by atoms with van der Waals surface area (Å²) < 4.78 is 10.2. The molecule has 1 rings (SSSR count). The average molecular weight is 317 g/mol. The first-order valence-electron chi connectivity index (χ1n) is 6.67. The zero-order chi connectivity index (χ0) is 15.5. The van der Waals surface area contributed by atoms with Crippen LogP contribution < -0.4 is 16.6 Å². The molecule has 1 amide bonds. The predicted molar refractivity (Wildman–Crippen MR) is 81.3 cm³/mol. The van der Waals surface area contributed by atoms with Gasteiger partial charge in [0, 0.05) is 20.3 Å². The van der Waals surface area contributed by atoms with Crippen molar-refractivity contribution in [3.63, 3.8) is 0 Å². The van der Waals surface area contributed by atoms with Gasteiger partial charge in [0.25, 0.3) is 5.91 Å². The Morgan fingerprint density at radius 3 is 2.86 bits per heavy atom. The van der Waals surface area contributed by atoms with Gasteiger partial charge in [-0.25, -0.2) is 10.8 Å². The smallest absolute Gasteiger partial charge is 0.271 e. The van der Waals surface area contributed by atoms with Crippen LogP contribution in [-0.2, 0) is 9.47 Å². The number of nitrogens with two attached hydrogens (primary N) is 1. The molecular formula is C13H21ClN4O3. The standard InChI is InChI=1S/C13H21ClN4O3/c1-20-8-9-21-7-3-2-6-16-13(19)12-10(14)4-5-11(17-12)18-15/h4-5H,2-3,6-9,15H2,1H3,(H,16,19)(H,17,18). The van der Waals surface area contributed by atoms with Gasteiger partial charge in [0.2, 0.25) is 0 Å². The second-order valence-electron chi connectivity index (χ2n) is 4.24. The minimum Gasteiger partial charge on any atom is -0.382 e. The molecule has 8 heteroatoms. The van der Waals surface area contributed by atoms with Gasteiger partial charge in [0.15, 0.2) is 0 Å². The van der Waals surface area contributed by atoms with Gasteiger partial charge >= 0.3 is 0 Å². The van der Waals surface area contributed by atoms with Crippen LogP contribution in [0.25, 0.3) is 0 Å². The normalized spacial score (nSPS) is 10.4. The molecule has 0 bridgehead atoms. The highest BCUT2D eigenvalue weighted by atomic mass is 35.5. The molecule has 1 heterocycles. The molecule has 0 aromatic carbocycles. The maximum absolute atomic E-state index is 11.9. The molecule has 0 spiro atoms. The third-order valence-corrected chi connectivity index (χ3v) is 2.95. The van der Waals surface area contributed by atoms with E-state index in [-0.39, 0.29) is 16.6 Å². The Hall–Kier alpha value is -1.41. The zero-order valence-electron chi connectivity index (χ0n) is 12.0. The number of hydrazine groups is 1.